The molecule has 6 heteroatoms. The van der Waals surface area contributed by atoms with Crippen LogP contribution in [0.15, 0.2) is 52.4 Å². The van der Waals surface area contributed by atoms with Crippen molar-refractivity contribution >= 4 is 17.5 Å². The molecule has 0 aromatic carbocycles. The number of carboxylic acid groups (broad SMARTS) is 2. The molecular formula is C14H14O6. The maximum absolute atomic E-state index is 10.4. The molecule has 2 rings (SSSR count). The number of rotatable bonds is 4. The van der Waals surface area contributed by atoms with Gasteiger partial charge in [0.25, 0.3) is 0 Å². The van der Waals surface area contributed by atoms with E-state index in [1.54, 1.807) is 25.1 Å². The number of carbonyl (C=O) groups is 2. The van der Waals surface area contributed by atoms with Gasteiger partial charge in [0.1, 0.15) is 5.76 Å². The predicted molar refractivity (Wildman–Crippen MR) is 70.1 cm³/mol. The summed E-state index contributed by atoms with van der Waals surface area (Å²) in [6.07, 6.45) is 4.32. The first kappa shape index (κ1) is 15.3. The number of furan rings is 2. The van der Waals surface area contributed by atoms with Crippen molar-refractivity contribution in [2.75, 3.05) is 0 Å². The Bertz CT molecular complexity index is 565. The van der Waals surface area contributed by atoms with Crippen LogP contribution in [0, 0.1) is 0 Å². The molecule has 1 atom stereocenters. The standard InChI is InChI=1S/C7H8O3.C7H6O3/c1-5(7(8)9)6-2-3-10-4-6;1-5(7(8)9)6-3-2-4-10-6/h2-5H,1H3,(H,8,9);2-4H,1H2,(H,8,9). The number of hydrogen-bond donors (Lipinski definition) is 2. The summed E-state index contributed by atoms with van der Waals surface area (Å²) < 4.78 is 9.50. The fraction of sp³-hybridized carbons (Fsp3) is 0.143. The highest BCUT2D eigenvalue weighted by Crippen LogP contribution is 2.14. The molecule has 2 aromatic heterocycles. The largest absolute Gasteiger partial charge is 0.481 e. The van der Waals surface area contributed by atoms with E-state index in [2.05, 4.69) is 6.58 Å². The second-order valence-corrected chi connectivity index (χ2v) is 3.88. The predicted octanol–water partition coefficient (Wildman–Crippen LogP) is 2.85. The Kier molecular flexibility index (Phi) is 5.34. The van der Waals surface area contributed by atoms with E-state index < -0.39 is 17.9 Å². The fourth-order valence-electron chi connectivity index (χ4n) is 1.22. The molecule has 2 aromatic rings. The molecule has 0 amide bonds. The normalized spacial score (nSPS) is 11.1. The minimum Gasteiger partial charge on any atom is -0.481 e. The minimum atomic E-state index is -1.06. The molecule has 1 unspecified atom stereocenters. The Morgan fingerprint density at radius 3 is 2.35 bits per heavy atom. The van der Waals surface area contributed by atoms with Gasteiger partial charge in [0.2, 0.25) is 0 Å². The van der Waals surface area contributed by atoms with Crippen LogP contribution in [0.5, 0.6) is 0 Å². The van der Waals surface area contributed by atoms with Crippen molar-refractivity contribution in [1.82, 2.24) is 0 Å². The van der Waals surface area contributed by atoms with Gasteiger partial charge >= 0.3 is 11.9 Å². The molecule has 0 radical (unpaired) electrons. The van der Waals surface area contributed by atoms with Gasteiger partial charge < -0.3 is 19.0 Å². The molecule has 0 saturated carbocycles. The van der Waals surface area contributed by atoms with E-state index in [0.29, 0.717) is 11.3 Å². The van der Waals surface area contributed by atoms with Gasteiger partial charge in [-0.15, -0.1) is 0 Å². The summed E-state index contributed by atoms with van der Waals surface area (Å²) in [5, 5.41) is 16.9. The van der Waals surface area contributed by atoms with Crippen molar-refractivity contribution in [2.24, 2.45) is 0 Å². The lowest BCUT2D eigenvalue weighted by atomic mass is 10.1. The van der Waals surface area contributed by atoms with Crippen molar-refractivity contribution in [3.63, 3.8) is 0 Å². The summed E-state index contributed by atoms with van der Waals surface area (Å²) >= 11 is 0. The van der Waals surface area contributed by atoms with Crippen molar-refractivity contribution < 1.29 is 28.6 Å². The summed E-state index contributed by atoms with van der Waals surface area (Å²) in [6, 6.07) is 4.82. The van der Waals surface area contributed by atoms with Crippen LogP contribution in [-0.2, 0) is 9.59 Å². The van der Waals surface area contributed by atoms with Crippen molar-refractivity contribution in [3.8, 4) is 0 Å². The van der Waals surface area contributed by atoms with Gasteiger partial charge in [-0.25, -0.2) is 4.79 Å². The SMILES string of the molecule is C=C(C(=O)O)c1ccco1.CC(C(=O)O)c1ccoc1. The number of carboxylic acids is 2. The maximum atomic E-state index is 10.4. The highest BCUT2D eigenvalue weighted by Gasteiger charge is 2.13. The van der Waals surface area contributed by atoms with E-state index in [0.717, 1.165) is 0 Å². The number of hydrogen-bond acceptors (Lipinski definition) is 4. The second-order valence-electron chi connectivity index (χ2n) is 3.88. The maximum Gasteiger partial charge on any atom is 0.338 e. The van der Waals surface area contributed by atoms with Crippen LogP contribution < -0.4 is 0 Å². The topological polar surface area (TPSA) is 101 Å². The van der Waals surface area contributed by atoms with E-state index in [1.165, 1.54) is 18.8 Å². The van der Waals surface area contributed by atoms with Crippen LogP contribution >= 0.6 is 0 Å². The molecule has 2 heterocycles. The fourth-order valence-corrected chi connectivity index (χ4v) is 1.22. The lowest BCUT2D eigenvalue weighted by Crippen LogP contribution is -2.05. The Hall–Kier alpha value is -2.76. The Morgan fingerprint density at radius 1 is 1.25 bits per heavy atom. The summed E-state index contributed by atoms with van der Waals surface area (Å²) in [6.45, 7) is 4.92. The first-order chi connectivity index (χ1) is 9.43. The van der Waals surface area contributed by atoms with Gasteiger partial charge in [-0.1, -0.05) is 6.58 Å². The molecule has 0 spiro atoms. The van der Waals surface area contributed by atoms with Crippen molar-refractivity contribution in [1.29, 1.82) is 0 Å². The van der Waals surface area contributed by atoms with E-state index in [4.69, 9.17) is 19.0 Å². The lowest BCUT2D eigenvalue weighted by Gasteiger charge is -1.99. The molecule has 0 fully saturated rings. The van der Waals surface area contributed by atoms with Gasteiger partial charge in [0, 0.05) is 5.56 Å². The summed E-state index contributed by atoms with van der Waals surface area (Å²) in [5.41, 5.74) is 0.678. The van der Waals surface area contributed by atoms with Gasteiger partial charge in [-0.2, -0.15) is 0 Å². The summed E-state index contributed by atoms with van der Waals surface area (Å²) in [5.74, 6) is -2.07. The van der Waals surface area contributed by atoms with Crippen LogP contribution in [0.1, 0.15) is 24.2 Å². The van der Waals surface area contributed by atoms with Crippen LogP contribution in [0.2, 0.25) is 0 Å². The van der Waals surface area contributed by atoms with E-state index in [9.17, 15) is 9.59 Å². The lowest BCUT2D eigenvalue weighted by molar-refractivity contribution is -0.138. The third kappa shape index (κ3) is 4.16. The van der Waals surface area contributed by atoms with Gasteiger partial charge in [0.15, 0.2) is 0 Å². The monoisotopic (exact) mass is 278 g/mol. The third-order valence-corrected chi connectivity index (χ3v) is 2.49. The Morgan fingerprint density at radius 2 is 1.95 bits per heavy atom. The van der Waals surface area contributed by atoms with Crippen molar-refractivity contribution in [3.05, 3.63) is 54.9 Å². The number of aliphatic carboxylic acids is 2. The van der Waals surface area contributed by atoms with Gasteiger partial charge in [-0.3, -0.25) is 4.79 Å². The molecule has 0 aliphatic heterocycles. The highest BCUT2D eigenvalue weighted by molar-refractivity contribution is 6.13. The first-order valence-electron chi connectivity index (χ1n) is 5.64. The minimum absolute atomic E-state index is 0.0231. The van der Waals surface area contributed by atoms with Crippen LogP contribution in [0.25, 0.3) is 5.57 Å². The van der Waals surface area contributed by atoms with E-state index in [-0.39, 0.29) is 5.57 Å². The molecule has 0 saturated heterocycles. The summed E-state index contributed by atoms with van der Waals surface area (Å²) in [4.78, 5) is 20.6. The Balaban J connectivity index is 0.000000200. The van der Waals surface area contributed by atoms with E-state index in [1.807, 2.05) is 0 Å². The average Bonchev–Trinajstić information content (AvgIpc) is 3.10. The van der Waals surface area contributed by atoms with Crippen LogP contribution in [0.4, 0.5) is 0 Å². The van der Waals surface area contributed by atoms with Crippen LogP contribution in [0.3, 0.4) is 0 Å². The Labute approximate surface area is 114 Å². The van der Waals surface area contributed by atoms with Crippen molar-refractivity contribution in [2.45, 2.75) is 12.8 Å². The average molecular weight is 278 g/mol. The molecule has 0 aliphatic rings. The quantitative estimate of drug-likeness (QED) is 0.834. The zero-order valence-corrected chi connectivity index (χ0v) is 10.8. The smallest absolute Gasteiger partial charge is 0.338 e. The molecular weight excluding hydrogens is 264 g/mol. The molecule has 106 valence electrons. The third-order valence-electron chi connectivity index (χ3n) is 2.49. The molecule has 2 N–H and O–H groups in total. The summed E-state index contributed by atoms with van der Waals surface area (Å²) in [7, 11) is 0. The second kappa shape index (κ2) is 6.98. The molecule has 0 aliphatic carbocycles. The zero-order valence-electron chi connectivity index (χ0n) is 10.8. The first-order valence-corrected chi connectivity index (χ1v) is 5.64. The van der Waals surface area contributed by atoms with Gasteiger partial charge in [0.05, 0.1) is 30.3 Å². The zero-order chi connectivity index (χ0) is 15.1. The molecule has 0 bridgehead atoms. The van der Waals surface area contributed by atoms with Gasteiger partial charge in [-0.05, 0) is 25.1 Å². The molecule has 6 nitrogen and oxygen atoms in total. The molecule has 20 heavy (non-hydrogen) atoms. The highest BCUT2D eigenvalue weighted by atomic mass is 16.4. The van der Waals surface area contributed by atoms with E-state index >= 15 is 0 Å². The van der Waals surface area contributed by atoms with Crippen LogP contribution in [-0.4, -0.2) is 22.2 Å².